The average molecular weight is 287 g/mol. The Balaban J connectivity index is 1.77. The van der Waals surface area contributed by atoms with Crippen molar-refractivity contribution in [1.82, 2.24) is 4.98 Å². The van der Waals surface area contributed by atoms with Gasteiger partial charge in [0, 0.05) is 11.3 Å². The number of benzene rings is 1. The summed E-state index contributed by atoms with van der Waals surface area (Å²) in [5.41, 5.74) is 3.64. The summed E-state index contributed by atoms with van der Waals surface area (Å²) < 4.78 is 0. The summed E-state index contributed by atoms with van der Waals surface area (Å²) in [6, 6.07) is 8.50. The highest BCUT2D eigenvalue weighted by Gasteiger charge is 2.27. The molecule has 0 fully saturated rings. The van der Waals surface area contributed by atoms with E-state index in [1.54, 1.807) is 11.3 Å². The van der Waals surface area contributed by atoms with Gasteiger partial charge in [0.2, 0.25) is 0 Å². The normalized spacial score (nSPS) is 17.8. The molecule has 1 N–H and O–H groups in total. The van der Waals surface area contributed by atoms with Crippen LogP contribution in [0.2, 0.25) is 0 Å². The second-order valence-electron chi connectivity index (χ2n) is 5.42. The molecule has 1 aromatic carbocycles. The largest absolute Gasteiger partial charge is 0.481 e. The van der Waals surface area contributed by atoms with Crippen molar-refractivity contribution in [2.75, 3.05) is 0 Å². The Bertz CT molecular complexity index is 630. The number of thiazole rings is 1. The first-order valence-electron chi connectivity index (χ1n) is 6.87. The number of hydrogen-bond acceptors (Lipinski definition) is 3. The number of nitrogens with zero attached hydrogens (tertiary/aromatic N) is 1. The topological polar surface area (TPSA) is 50.2 Å². The lowest BCUT2D eigenvalue weighted by Crippen LogP contribution is -2.21. The molecular formula is C16H17NO2S. The molecule has 0 bridgehead atoms. The third kappa shape index (κ3) is 2.75. The van der Waals surface area contributed by atoms with Gasteiger partial charge in [0.1, 0.15) is 0 Å². The van der Waals surface area contributed by atoms with E-state index in [9.17, 15) is 4.79 Å². The van der Waals surface area contributed by atoms with E-state index in [2.05, 4.69) is 36.2 Å². The number of rotatable bonds is 3. The molecule has 0 amide bonds. The Labute approximate surface area is 122 Å². The van der Waals surface area contributed by atoms with Crippen molar-refractivity contribution in [3.63, 3.8) is 0 Å². The third-order valence-corrected chi connectivity index (χ3v) is 4.93. The minimum Gasteiger partial charge on any atom is -0.481 e. The maximum atomic E-state index is 11.1. The molecule has 1 aliphatic carbocycles. The number of aryl methyl sites for hydroxylation is 2. The molecule has 0 aliphatic heterocycles. The Kier molecular flexibility index (Phi) is 3.57. The molecule has 1 unspecified atom stereocenters. The zero-order valence-corrected chi connectivity index (χ0v) is 12.2. The van der Waals surface area contributed by atoms with Gasteiger partial charge in [-0.25, -0.2) is 4.98 Å². The van der Waals surface area contributed by atoms with E-state index in [-0.39, 0.29) is 5.92 Å². The van der Waals surface area contributed by atoms with Crippen molar-refractivity contribution in [3.8, 4) is 0 Å². The van der Waals surface area contributed by atoms with E-state index in [0.717, 1.165) is 30.0 Å². The molecule has 0 spiro atoms. The van der Waals surface area contributed by atoms with Gasteiger partial charge in [0.05, 0.1) is 16.6 Å². The van der Waals surface area contributed by atoms with Gasteiger partial charge in [0.25, 0.3) is 0 Å². The third-order valence-electron chi connectivity index (χ3n) is 3.81. The van der Waals surface area contributed by atoms with Gasteiger partial charge in [0.15, 0.2) is 0 Å². The van der Waals surface area contributed by atoms with Crippen LogP contribution in [-0.2, 0) is 24.1 Å². The summed E-state index contributed by atoms with van der Waals surface area (Å²) in [5, 5.41) is 10.2. The first-order valence-corrected chi connectivity index (χ1v) is 7.69. The summed E-state index contributed by atoms with van der Waals surface area (Å²) in [6.45, 7) is 2.08. The molecular weight excluding hydrogens is 270 g/mol. The fourth-order valence-corrected chi connectivity index (χ4v) is 3.82. The van der Waals surface area contributed by atoms with Crippen LogP contribution in [0, 0.1) is 12.8 Å². The van der Waals surface area contributed by atoms with Crippen LogP contribution < -0.4 is 0 Å². The molecule has 0 saturated carbocycles. The van der Waals surface area contributed by atoms with E-state index >= 15 is 0 Å². The maximum absolute atomic E-state index is 11.1. The minimum atomic E-state index is -0.677. The Morgan fingerprint density at radius 3 is 2.85 bits per heavy atom. The van der Waals surface area contributed by atoms with Gasteiger partial charge in [-0.1, -0.05) is 29.8 Å². The first-order chi connectivity index (χ1) is 9.61. The van der Waals surface area contributed by atoms with E-state index in [4.69, 9.17) is 5.11 Å². The van der Waals surface area contributed by atoms with Gasteiger partial charge in [-0.05, 0) is 31.7 Å². The second kappa shape index (κ2) is 5.37. The lowest BCUT2D eigenvalue weighted by atomic mass is 9.91. The number of fused-ring (bicyclic) bond motifs is 1. The Hall–Kier alpha value is -1.68. The van der Waals surface area contributed by atoms with E-state index < -0.39 is 5.97 Å². The van der Waals surface area contributed by atoms with Gasteiger partial charge in [-0.15, -0.1) is 11.3 Å². The summed E-state index contributed by atoms with van der Waals surface area (Å²) >= 11 is 1.68. The Morgan fingerprint density at radius 2 is 2.15 bits per heavy atom. The van der Waals surface area contributed by atoms with Crippen LogP contribution >= 0.6 is 11.3 Å². The second-order valence-corrected chi connectivity index (χ2v) is 6.59. The lowest BCUT2D eigenvalue weighted by molar-refractivity contribution is -0.142. The van der Waals surface area contributed by atoms with Crippen molar-refractivity contribution < 1.29 is 9.90 Å². The summed E-state index contributed by atoms with van der Waals surface area (Å²) in [7, 11) is 0. The number of aliphatic carboxylic acids is 1. The first kappa shape index (κ1) is 13.3. The van der Waals surface area contributed by atoms with Crippen LogP contribution in [0.5, 0.6) is 0 Å². The highest BCUT2D eigenvalue weighted by atomic mass is 32.1. The van der Waals surface area contributed by atoms with Crippen molar-refractivity contribution in [1.29, 1.82) is 0 Å². The molecule has 3 nitrogen and oxygen atoms in total. The molecule has 1 atom stereocenters. The molecule has 1 aliphatic rings. The molecule has 1 heterocycles. The fraction of sp³-hybridized carbons (Fsp3) is 0.375. The molecule has 2 aromatic rings. The zero-order chi connectivity index (χ0) is 14.1. The van der Waals surface area contributed by atoms with Crippen LogP contribution in [-0.4, -0.2) is 16.1 Å². The van der Waals surface area contributed by atoms with Crippen molar-refractivity contribution in [3.05, 3.63) is 51.0 Å². The van der Waals surface area contributed by atoms with Crippen molar-refractivity contribution in [2.24, 2.45) is 5.92 Å². The van der Waals surface area contributed by atoms with Crippen LogP contribution in [0.15, 0.2) is 24.3 Å². The smallest absolute Gasteiger partial charge is 0.306 e. The molecule has 4 heteroatoms. The van der Waals surface area contributed by atoms with Crippen LogP contribution in [0.3, 0.4) is 0 Å². The summed E-state index contributed by atoms with van der Waals surface area (Å²) in [6.07, 6.45) is 3.01. The Morgan fingerprint density at radius 1 is 1.40 bits per heavy atom. The average Bonchev–Trinajstić information content (AvgIpc) is 2.82. The predicted molar refractivity (Wildman–Crippen MR) is 79.2 cm³/mol. The monoisotopic (exact) mass is 287 g/mol. The number of carbonyl (C=O) groups is 1. The molecule has 104 valence electrons. The number of carboxylic acids is 1. The number of aromatic nitrogens is 1. The van der Waals surface area contributed by atoms with Crippen LogP contribution in [0.1, 0.15) is 33.1 Å². The summed E-state index contributed by atoms with van der Waals surface area (Å²) in [5.74, 6) is -0.903. The molecule has 0 saturated heterocycles. The van der Waals surface area contributed by atoms with E-state index in [0.29, 0.717) is 6.42 Å². The van der Waals surface area contributed by atoms with Gasteiger partial charge >= 0.3 is 5.97 Å². The SMILES string of the molecule is Cc1ccc(Cc2nc3c(s2)CC(C(=O)O)CC3)cc1. The quantitative estimate of drug-likeness (QED) is 0.943. The van der Waals surface area contributed by atoms with Gasteiger partial charge in [-0.3, -0.25) is 4.79 Å². The number of hydrogen-bond donors (Lipinski definition) is 1. The maximum Gasteiger partial charge on any atom is 0.306 e. The standard InChI is InChI=1S/C16H17NO2S/c1-10-2-4-11(5-3-10)8-15-17-13-7-6-12(16(18)19)9-14(13)20-15/h2-5,12H,6-9H2,1H3,(H,18,19). The molecule has 1 aromatic heterocycles. The molecule has 0 radical (unpaired) electrons. The highest BCUT2D eigenvalue weighted by Crippen LogP contribution is 2.31. The number of carboxylic acid groups (broad SMARTS) is 1. The highest BCUT2D eigenvalue weighted by molar-refractivity contribution is 7.11. The van der Waals surface area contributed by atoms with Gasteiger partial charge < -0.3 is 5.11 Å². The molecule has 20 heavy (non-hydrogen) atoms. The van der Waals surface area contributed by atoms with E-state index in [1.807, 2.05) is 0 Å². The van der Waals surface area contributed by atoms with Crippen molar-refractivity contribution >= 4 is 17.3 Å². The van der Waals surface area contributed by atoms with Gasteiger partial charge in [-0.2, -0.15) is 0 Å². The van der Waals surface area contributed by atoms with Crippen molar-refractivity contribution in [2.45, 2.75) is 32.6 Å². The minimum absolute atomic E-state index is 0.227. The van der Waals surface area contributed by atoms with Crippen LogP contribution in [0.4, 0.5) is 0 Å². The lowest BCUT2D eigenvalue weighted by Gasteiger charge is -2.16. The summed E-state index contributed by atoms with van der Waals surface area (Å²) in [4.78, 5) is 16.9. The zero-order valence-electron chi connectivity index (χ0n) is 11.4. The molecule has 3 rings (SSSR count). The van der Waals surface area contributed by atoms with Crippen LogP contribution in [0.25, 0.3) is 0 Å². The predicted octanol–water partition coefficient (Wildman–Crippen LogP) is 3.23. The van der Waals surface area contributed by atoms with E-state index in [1.165, 1.54) is 16.0 Å². The fourth-order valence-electron chi connectivity index (χ4n) is 2.60.